The molecule has 6 nitrogen and oxygen atoms in total. The van der Waals surface area contributed by atoms with Gasteiger partial charge in [0, 0.05) is 11.1 Å². The lowest BCUT2D eigenvalue weighted by Gasteiger charge is -2.35. The van der Waals surface area contributed by atoms with Gasteiger partial charge in [-0.1, -0.05) is 18.5 Å². The molecule has 0 atom stereocenters. The van der Waals surface area contributed by atoms with Crippen molar-refractivity contribution in [2.45, 2.75) is 26.2 Å². The van der Waals surface area contributed by atoms with E-state index in [1.54, 1.807) is 0 Å². The number of anilines is 1. The number of benzene rings is 1. The van der Waals surface area contributed by atoms with Crippen LogP contribution in [0.15, 0.2) is 18.2 Å². The van der Waals surface area contributed by atoms with Gasteiger partial charge in [0.15, 0.2) is 0 Å². The maximum absolute atomic E-state index is 12.6. The van der Waals surface area contributed by atoms with Gasteiger partial charge in [-0.15, -0.1) is 0 Å². The standard InChI is InChI=1S/C14H18ClN3O3/c1-2-14(5-7-16-8-6-14)13(19)17-11-4-3-10(15)9-12(11)18(20)21/h3-4,9,16H,2,5-8H2,1H3,(H,17,19). The summed E-state index contributed by atoms with van der Waals surface area (Å²) in [6, 6.07) is 4.26. The van der Waals surface area contributed by atoms with Gasteiger partial charge >= 0.3 is 0 Å². The summed E-state index contributed by atoms with van der Waals surface area (Å²) in [7, 11) is 0. The van der Waals surface area contributed by atoms with Crippen molar-refractivity contribution in [3.8, 4) is 0 Å². The molecule has 1 heterocycles. The molecule has 2 N–H and O–H groups in total. The Morgan fingerprint density at radius 1 is 1.48 bits per heavy atom. The summed E-state index contributed by atoms with van der Waals surface area (Å²) in [5.41, 5.74) is -0.449. The van der Waals surface area contributed by atoms with Crippen LogP contribution in [0.1, 0.15) is 26.2 Å². The van der Waals surface area contributed by atoms with Crippen molar-refractivity contribution in [3.63, 3.8) is 0 Å². The first-order chi connectivity index (χ1) is 9.98. The molecule has 114 valence electrons. The lowest BCUT2D eigenvalue weighted by atomic mass is 9.76. The highest BCUT2D eigenvalue weighted by Gasteiger charge is 2.38. The van der Waals surface area contributed by atoms with E-state index in [0.717, 1.165) is 25.9 Å². The number of piperidine rings is 1. The minimum atomic E-state index is -0.539. The summed E-state index contributed by atoms with van der Waals surface area (Å²) in [5.74, 6) is -0.156. The summed E-state index contributed by atoms with van der Waals surface area (Å²) in [6.45, 7) is 3.54. The predicted molar refractivity (Wildman–Crippen MR) is 81.6 cm³/mol. The Kier molecular flexibility index (Phi) is 4.80. The molecule has 0 unspecified atom stereocenters. The van der Waals surface area contributed by atoms with E-state index < -0.39 is 10.3 Å². The molecule has 0 aromatic heterocycles. The van der Waals surface area contributed by atoms with E-state index in [2.05, 4.69) is 10.6 Å². The molecule has 0 radical (unpaired) electrons. The quantitative estimate of drug-likeness (QED) is 0.661. The summed E-state index contributed by atoms with van der Waals surface area (Å²) in [4.78, 5) is 23.1. The van der Waals surface area contributed by atoms with Gasteiger partial charge in [0.1, 0.15) is 5.69 Å². The molecule has 1 saturated heterocycles. The van der Waals surface area contributed by atoms with Crippen LogP contribution in [0.3, 0.4) is 0 Å². The Morgan fingerprint density at radius 3 is 2.71 bits per heavy atom. The molecular weight excluding hydrogens is 294 g/mol. The normalized spacial score (nSPS) is 17.2. The van der Waals surface area contributed by atoms with Crippen LogP contribution in [-0.4, -0.2) is 23.9 Å². The molecule has 2 rings (SSSR count). The molecule has 7 heteroatoms. The lowest BCUT2D eigenvalue weighted by molar-refractivity contribution is -0.383. The average molecular weight is 312 g/mol. The van der Waals surface area contributed by atoms with Gasteiger partial charge in [0.25, 0.3) is 5.69 Å². The van der Waals surface area contributed by atoms with Crippen molar-refractivity contribution >= 4 is 28.9 Å². The molecule has 1 aliphatic heterocycles. The van der Waals surface area contributed by atoms with Crippen molar-refractivity contribution in [3.05, 3.63) is 33.3 Å². The fourth-order valence-electron chi connectivity index (χ4n) is 2.66. The first-order valence-electron chi connectivity index (χ1n) is 6.94. The fraction of sp³-hybridized carbons (Fsp3) is 0.500. The van der Waals surface area contributed by atoms with Crippen LogP contribution in [0, 0.1) is 15.5 Å². The van der Waals surface area contributed by atoms with Gasteiger partial charge in [0.2, 0.25) is 5.91 Å². The van der Waals surface area contributed by atoms with Crippen LogP contribution in [0.2, 0.25) is 5.02 Å². The number of carbonyl (C=O) groups is 1. The van der Waals surface area contributed by atoms with Crippen molar-refractivity contribution < 1.29 is 9.72 Å². The zero-order valence-corrected chi connectivity index (χ0v) is 12.6. The number of hydrogen-bond acceptors (Lipinski definition) is 4. The van der Waals surface area contributed by atoms with Crippen LogP contribution >= 0.6 is 11.6 Å². The minimum absolute atomic E-state index is 0.156. The van der Waals surface area contributed by atoms with Crippen molar-refractivity contribution in [1.29, 1.82) is 0 Å². The van der Waals surface area contributed by atoms with Gasteiger partial charge in [0.05, 0.1) is 10.3 Å². The second-order valence-electron chi connectivity index (χ2n) is 5.26. The Bertz CT molecular complexity index is 556. The Hall–Kier alpha value is -1.66. The van der Waals surface area contributed by atoms with Gasteiger partial charge in [-0.2, -0.15) is 0 Å². The third kappa shape index (κ3) is 3.33. The molecule has 0 saturated carbocycles. The third-order valence-electron chi connectivity index (χ3n) is 4.12. The number of rotatable bonds is 4. The predicted octanol–water partition coefficient (Wildman–Crippen LogP) is 2.97. The van der Waals surface area contributed by atoms with E-state index in [0.29, 0.717) is 6.42 Å². The van der Waals surface area contributed by atoms with Crippen LogP contribution in [0.4, 0.5) is 11.4 Å². The van der Waals surface area contributed by atoms with E-state index in [1.165, 1.54) is 18.2 Å². The van der Waals surface area contributed by atoms with E-state index >= 15 is 0 Å². The number of halogens is 1. The van der Waals surface area contributed by atoms with E-state index in [1.807, 2.05) is 6.92 Å². The molecule has 0 aliphatic carbocycles. The molecule has 0 bridgehead atoms. The average Bonchev–Trinajstić information content (AvgIpc) is 2.49. The number of hydrogen-bond donors (Lipinski definition) is 2. The van der Waals surface area contributed by atoms with E-state index in [-0.39, 0.29) is 22.3 Å². The summed E-state index contributed by atoms with van der Waals surface area (Å²) in [6.07, 6.45) is 2.18. The lowest BCUT2D eigenvalue weighted by Crippen LogP contribution is -2.44. The van der Waals surface area contributed by atoms with Gasteiger partial charge in [-0.05, 0) is 44.5 Å². The zero-order chi connectivity index (χ0) is 15.5. The van der Waals surface area contributed by atoms with Gasteiger partial charge in [-0.25, -0.2) is 0 Å². The van der Waals surface area contributed by atoms with Crippen molar-refractivity contribution in [2.24, 2.45) is 5.41 Å². The highest BCUT2D eigenvalue weighted by atomic mass is 35.5. The first-order valence-corrected chi connectivity index (χ1v) is 7.32. The monoisotopic (exact) mass is 311 g/mol. The number of nitro benzene ring substituents is 1. The van der Waals surface area contributed by atoms with Gasteiger partial charge < -0.3 is 10.6 Å². The number of nitro groups is 1. The van der Waals surface area contributed by atoms with Gasteiger partial charge in [-0.3, -0.25) is 14.9 Å². The number of nitrogens with one attached hydrogen (secondary N) is 2. The molecule has 1 amide bonds. The second-order valence-corrected chi connectivity index (χ2v) is 5.69. The highest BCUT2D eigenvalue weighted by molar-refractivity contribution is 6.31. The smallest absolute Gasteiger partial charge is 0.294 e. The molecule has 1 aliphatic rings. The molecule has 1 aromatic carbocycles. The maximum Gasteiger partial charge on any atom is 0.294 e. The topological polar surface area (TPSA) is 84.3 Å². The van der Waals surface area contributed by atoms with Crippen molar-refractivity contribution in [1.82, 2.24) is 5.32 Å². The van der Waals surface area contributed by atoms with E-state index in [4.69, 9.17) is 11.6 Å². The van der Waals surface area contributed by atoms with E-state index in [9.17, 15) is 14.9 Å². The largest absolute Gasteiger partial charge is 0.320 e. The van der Waals surface area contributed by atoms with Crippen LogP contribution in [0.5, 0.6) is 0 Å². The molecule has 1 fully saturated rings. The van der Waals surface area contributed by atoms with Crippen LogP contribution in [-0.2, 0) is 4.79 Å². The van der Waals surface area contributed by atoms with Crippen LogP contribution in [0.25, 0.3) is 0 Å². The number of carbonyl (C=O) groups excluding carboxylic acids is 1. The summed E-state index contributed by atoms with van der Waals surface area (Å²) < 4.78 is 0. The van der Waals surface area contributed by atoms with Crippen molar-refractivity contribution in [2.75, 3.05) is 18.4 Å². The second kappa shape index (κ2) is 6.41. The molecule has 0 spiro atoms. The molecule has 21 heavy (non-hydrogen) atoms. The molecule has 1 aromatic rings. The Morgan fingerprint density at radius 2 is 2.14 bits per heavy atom. The Labute approximate surface area is 128 Å². The van der Waals surface area contributed by atoms with Crippen LogP contribution < -0.4 is 10.6 Å². The first kappa shape index (κ1) is 15.7. The molecular formula is C14H18ClN3O3. The Balaban J connectivity index is 2.24. The summed E-state index contributed by atoms with van der Waals surface area (Å²) in [5, 5.41) is 17.3. The SMILES string of the molecule is CCC1(C(=O)Nc2ccc(Cl)cc2[N+](=O)[O-])CCNCC1. The summed E-state index contributed by atoms with van der Waals surface area (Å²) >= 11 is 5.78. The fourth-order valence-corrected chi connectivity index (χ4v) is 2.83. The number of nitrogens with zero attached hydrogens (tertiary/aromatic N) is 1. The zero-order valence-electron chi connectivity index (χ0n) is 11.8. The maximum atomic E-state index is 12.6. The third-order valence-corrected chi connectivity index (χ3v) is 4.36. The highest BCUT2D eigenvalue weighted by Crippen LogP contribution is 2.35. The number of amides is 1. The minimum Gasteiger partial charge on any atom is -0.320 e.